The molecule has 0 saturated carbocycles. The van der Waals surface area contributed by atoms with Gasteiger partial charge in [-0.3, -0.25) is 9.59 Å². The second kappa shape index (κ2) is 15.4. The molecule has 6 aromatic rings. The largest absolute Gasteiger partial charge is 0.497 e. The van der Waals surface area contributed by atoms with Gasteiger partial charge in [0.15, 0.2) is 0 Å². The zero-order chi connectivity index (χ0) is 37.1. The van der Waals surface area contributed by atoms with Gasteiger partial charge in [-0.05, 0) is 97.5 Å². The van der Waals surface area contributed by atoms with Crippen LogP contribution in [-0.2, 0) is 25.9 Å². The molecule has 8 rings (SSSR count). The summed E-state index contributed by atoms with van der Waals surface area (Å²) in [4.78, 5) is 28.7. The summed E-state index contributed by atoms with van der Waals surface area (Å²) in [6, 6.07) is 27.5. The molecule has 4 heterocycles. The average molecular weight is 715 g/mol. The SMILES string of the molecule is COc1ccc(Cn2c(=O)c3c(c4cc(OC)ccc42)N(C)CCC3)cc1.COc1ccc(Cn2c(=O)c3c(c4cc(OC)ccc42)NCCC3)cc1. The molecule has 0 fully saturated rings. The molecule has 0 bridgehead atoms. The molecule has 0 saturated heterocycles. The van der Waals surface area contributed by atoms with Crippen molar-refractivity contribution in [2.75, 3.05) is 58.8 Å². The maximum atomic E-state index is 13.3. The van der Waals surface area contributed by atoms with Crippen LogP contribution in [0.1, 0.15) is 35.1 Å². The third-order valence-corrected chi connectivity index (χ3v) is 10.3. The second-order valence-corrected chi connectivity index (χ2v) is 13.5. The first-order valence-corrected chi connectivity index (χ1v) is 18.0. The number of benzene rings is 4. The Morgan fingerprint density at radius 3 is 1.60 bits per heavy atom. The van der Waals surface area contributed by atoms with Gasteiger partial charge in [0.2, 0.25) is 0 Å². The van der Waals surface area contributed by atoms with Crippen molar-refractivity contribution < 1.29 is 18.9 Å². The van der Waals surface area contributed by atoms with Gasteiger partial charge in [-0.2, -0.15) is 0 Å². The maximum absolute atomic E-state index is 13.3. The molecular weight excluding hydrogens is 668 g/mol. The minimum absolute atomic E-state index is 0.0840. The van der Waals surface area contributed by atoms with E-state index in [1.807, 2.05) is 94.1 Å². The summed E-state index contributed by atoms with van der Waals surface area (Å²) < 4.78 is 25.0. The fourth-order valence-electron chi connectivity index (χ4n) is 7.54. The number of pyridine rings is 2. The fraction of sp³-hybridized carbons (Fsp3) is 0.302. The van der Waals surface area contributed by atoms with Gasteiger partial charge in [0.25, 0.3) is 11.1 Å². The van der Waals surface area contributed by atoms with Crippen molar-refractivity contribution in [1.29, 1.82) is 0 Å². The summed E-state index contributed by atoms with van der Waals surface area (Å²) in [6.07, 6.45) is 3.59. The van der Waals surface area contributed by atoms with E-state index in [0.29, 0.717) is 13.1 Å². The monoisotopic (exact) mass is 714 g/mol. The normalized spacial score (nSPS) is 13.3. The first kappa shape index (κ1) is 35.5. The molecule has 2 aliphatic heterocycles. The molecule has 53 heavy (non-hydrogen) atoms. The van der Waals surface area contributed by atoms with Crippen LogP contribution in [0.25, 0.3) is 21.8 Å². The van der Waals surface area contributed by atoms with Crippen LogP contribution in [0, 0.1) is 0 Å². The standard InChI is InChI=1S/C22H24N2O3.C21H22N2O3/c1-23-12-4-5-18-21(23)19-13-17(27-3)10-11-20(19)24(22(18)25)14-15-6-8-16(26-2)9-7-15;1-25-15-7-5-14(6-8-15)13-23-19-10-9-16(26-2)12-18(19)20-17(21(23)24)4-3-11-22-20/h6-11,13H,4-5,12,14H2,1-3H3;5-10,12,22H,3-4,11,13H2,1-2H3. The number of fused-ring (bicyclic) bond motifs is 6. The molecule has 2 aliphatic rings. The molecule has 0 radical (unpaired) electrons. The van der Waals surface area contributed by atoms with Crippen LogP contribution in [0.2, 0.25) is 0 Å². The highest BCUT2D eigenvalue weighted by Gasteiger charge is 2.24. The van der Waals surface area contributed by atoms with Gasteiger partial charge in [-0.1, -0.05) is 24.3 Å². The number of nitrogens with one attached hydrogen (secondary N) is 1. The summed E-state index contributed by atoms with van der Waals surface area (Å²) in [5.74, 6) is 3.22. The average Bonchev–Trinajstić information content (AvgIpc) is 3.21. The first-order chi connectivity index (χ1) is 25.8. The molecule has 2 aromatic heterocycles. The zero-order valence-corrected chi connectivity index (χ0v) is 31.0. The van der Waals surface area contributed by atoms with Crippen LogP contribution < -0.4 is 40.3 Å². The number of methoxy groups -OCH3 is 4. The topological polar surface area (TPSA) is 96.2 Å². The Bertz CT molecular complexity index is 2380. The van der Waals surface area contributed by atoms with Gasteiger partial charge in [0.05, 0.1) is 63.9 Å². The lowest BCUT2D eigenvalue weighted by atomic mass is 9.99. The van der Waals surface area contributed by atoms with Crippen LogP contribution in [0.15, 0.2) is 94.5 Å². The van der Waals surface area contributed by atoms with E-state index in [9.17, 15) is 9.59 Å². The highest BCUT2D eigenvalue weighted by atomic mass is 16.5. The lowest BCUT2D eigenvalue weighted by Crippen LogP contribution is -2.33. The van der Waals surface area contributed by atoms with Crippen molar-refractivity contribution in [1.82, 2.24) is 9.13 Å². The van der Waals surface area contributed by atoms with Gasteiger partial charge < -0.3 is 38.3 Å². The van der Waals surface area contributed by atoms with E-state index in [0.717, 1.165) is 117 Å². The van der Waals surface area contributed by atoms with Gasteiger partial charge >= 0.3 is 0 Å². The molecule has 0 spiro atoms. The van der Waals surface area contributed by atoms with E-state index in [1.165, 1.54) is 0 Å². The zero-order valence-electron chi connectivity index (χ0n) is 31.0. The number of nitrogens with zero attached hydrogens (tertiary/aromatic N) is 3. The summed E-state index contributed by atoms with van der Waals surface area (Å²) in [7, 11) is 8.69. The quantitative estimate of drug-likeness (QED) is 0.183. The van der Waals surface area contributed by atoms with E-state index < -0.39 is 0 Å². The Morgan fingerprint density at radius 1 is 0.585 bits per heavy atom. The Labute approximate surface area is 309 Å². The van der Waals surface area contributed by atoms with E-state index in [4.69, 9.17) is 18.9 Å². The van der Waals surface area contributed by atoms with Crippen molar-refractivity contribution in [3.63, 3.8) is 0 Å². The van der Waals surface area contributed by atoms with Crippen LogP contribution in [-0.4, -0.2) is 57.7 Å². The Hall–Kier alpha value is -5.90. The molecule has 0 aliphatic carbocycles. The van der Waals surface area contributed by atoms with Crippen LogP contribution in [0.5, 0.6) is 23.0 Å². The minimum atomic E-state index is 0.0840. The molecule has 274 valence electrons. The van der Waals surface area contributed by atoms with E-state index >= 15 is 0 Å². The molecule has 1 N–H and O–H groups in total. The number of aromatic nitrogens is 2. The van der Waals surface area contributed by atoms with E-state index in [-0.39, 0.29) is 11.1 Å². The van der Waals surface area contributed by atoms with Crippen molar-refractivity contribution in [2.24, 2.45) is 0 Å². The van der Waals surface area contributed by atoms with Crippen LogP contribution in [0.3, 0.4) is 0 Å². The van der Waals surface area contributed by atoms with Crippen molar-refractivity contribution in [3.05, 3.63) is 128 Å². The van der Waals surface area contributed by atoms with E-state index in [1.54, 1.807) is 28.4 Å². The maximum Gasteiger partial charge on any atom is 0.256 e. The molecule has 0 atom stereocenters. The predicted octanol–water partition coefficient (Wildman–Crippen LogP) is 6.87. The molecule has 10 heteroatoms. The molecule has 4 aromatic carbocycles. The molecular formula is C43H46N4O6. The Kier molecular flexibility index (Phi) is 10.3. The number of rotatable bonds is 8. The van der Waals surface area contributed by atoms with Gasteiger partial charge in [-0.15, -0.1) is 0 Å². The predicted molar refractivity (Wildman–Crippen MR) is 212 cm³/mol. The summed E-state index contributed by atoms with van der Waals surface area (Å²) in [6.45, 7) is 2.91. The number of anilines is 2. The van der Waals surface area contributed by atoms with Gasteiger partial charge in [0, 0.05) is 42.0 Å². The van der Waals surface area contributed by atoms with Crippen LogP contribution >= 0.6 is 0 Å². The molecule has 10 nitrogen and oxygen atoms in total. The van der Waals surface area contributed by atoms with Gasteiger partial charge in [0.1, 0.15) is 23.0 Å². The highest BCUT2D eigenvalue weighted by molar-refractivity contribution is 5.96. The lowest BCUT2D eigenvalue weighted by molar-refractivity contribution is 0.414. The number of ether oxygens (including phenoxy) is 4. The fourth-order valence-corrected chi connectivity index (χ4v) is 7.54. The number of hydrogen-bond acceptors (Lipinski definition) is 8. The highest BCUT2D eigenvalue weighted by Crippen LogP contribution is 2.35. The smallest absolute Gasteiger partial charge is 0.256 e. The van der Waals surface area contributed by atoms with Crippen molar-refractivity contribution >= 4 is 33.2 Å². The third kappa shape index (κ3) is 7.01. The van der Waals surface area contributed by atoms with Crippen LogP contribution in [0.4, 0.5) is 11.4 Å². The van der Waals surface area contributed by atoms with E-state index in [2.05, 4.69) is 17.3 Å². The van der Waals surface area contributed by atoms with Crippen molar-refractivity contribution in [3.8, 4) is 23.0 Å². The summed E-state index contributed by atoms with van der Waals surface area (Å²) in [5, 5.41) is 5.52. The number of hydrogen-bond donors (Lipinski definition) is 1. The second-order valence-electron chi connectivity index (χ2n) is 13.5. The first-order valence-electron chi connectivity index (χ1n) is 18.0. The minimum Gasteiger partial charge on any atom is -0.497 e. The molecule has 0 unspecified atom stereocenters. The Balaban J connectivity index is 0.000000164. The van der Waals surface area contributed by atoms with Crippen molar-refractivity contribution in [2.45, 2.75) is 38.8 Å². The van der Waals surface area contributed by atoms with Gasteiger partial charge in [-0.25, -0.2) is 0 Å². The molecule has 0 amide bonds. The summed E-state index contributed by atoms with van der Waals surface area (Å²) in [5.41, 5.74) is 7.94. The lowest BCUT2D eigenvalue weighted by Gasteiger charge is -2.30. The third-order valence-electron chi connectivity index (χ3n) is 10.3. The summed E-state index contributed by atoms with van der Waals surface area (Å²) >= 11 is 0. The Morgan fingerprint density at radius 2 is 1.06 bits per heavy atom.